The predicted molar refractivity (Wildman–Crippen MR) is 67.3 cm³/mol. The predicted octanol–water partition coefficient (Wildman–Crippen LogP) is 1.73. The Morgan fingerprint density at radius 1 is 1.11 bits per heavy atom. The lowest BCUT2D eigenvalue weighted by molar-refractivity contribution is -0.153. The van der Waals surface area contributed by atoms with E-state index < -0.39 is 11.4 Å². The minimum Gasteiger partial charge on any atom is -0.481 e. The first kappa shape index (κ1) is 13.2. The molecule has 2 aliphatic rings. The zero-order valence-electron chi connectivity index (χ0n) is 10.9. The molecule has 2 rings (SSSR count). The summed E-state index contributed by atoms with van der Waals surface area (Å²) < 4.78 is 0. The van der Waals surface area contributed by atoms with E-state index in [1.54, 1.807) is 0 Å². The third-order valence-electron chi connectivity index (χ3n) is 4.68. The molecule has 18 heavy (non-hydrogen) atoms. The van der Waals surface area contributed by atoms with Gasteiger partial charge in [0.05, 0.1) is 5.41 Å². The monoisotopic (exact) mass is 254 g/mol. The molecule has 102 valence electrons. The van der Waals surface area contributed by atoms with Gasteiger partial charge in [-0.15, -0.1) is 0 Å². The van der Waals surface area contributed by atoms with Crippen LogP contribution in [-0.2, 0) is 4.79 Å². The number of hydrogen-bond donors (Lipinski definition) is 3. The van der Waals surface area contributed by atoms with Crippen molar-refractivity contribution in [3.05, 3.63) is 0 Å². The number of aliphatic carboxylic acids is 1. The summed E-state index contributed by atoms with van der Waals surface area (Å²) in [6.45, 7) is 3.09. The molecule has 0 aromatic rings. The third kappa shape index (κ3) is 2.60. The molecule has 0 aromatic heterocycles. The first-order chi connectivity index (χ1) is 8.52. The van der Waals surface area contributed by atoms with Crippen molar-refractivity contribution in [1.82, 2.24) is 10.6 Å². The van der Waals surface area contributed by atoms with E-state index in [0.29, 0.717) is 24.8 Å². The quantitative estimate of drug-likeness (QED) is 0.675. The second kappa shape index (κ2) is 4.78. The van der Waals surface area contributed by atoms with Crippen LogP contribution >= 0.6 is 0 Å². The molecule has 0 aromatic carbocycles. The fourth-order valence-electron chi connectivity index (χ4n) is 2.48. The van der Waals surface area contributed by atoms with E-state index in [-0.39, 0.29) is 12.6 Å². The molecule has 0 aliphatic heterocycles. The maximum atomic E-state index is 11.6. The highest BCUT2D eigenvalue weighted by Gasteiger charge is 2.45. The van der Waals surface area contributed by atoms with Gasteiger partial charge in [-0.3, -0.25) is 4.79 Å². The first-order valence-electron chi connectivity index (χ1n) is 6.77. The molecule has 2 aliphatic carbocycles. The standard InChI is InChI=1S/C13H22N2O3/c1-2-12(6-7-12)8-14-11(18)15-9-13(10(16)17)4-3-5-13/h2-9H2,1H3,(H,16,17)(H2,14,15,18). The van der Waals surface area contributed by atoms with Gasteiger partial charge in [-0.25, -0.2) is 4.79 Å². The summed E-state index contributed by atoms with van der Waals surface area (Å²) in [4.78, 5) is 22.7. The van der Waals surface area contributed by atoms with Crippen LogP contribution in [0.4, 0.5) is 4.79 Å². The van der Waals surface area contributed by atoms with Gasteiger partial charge in [0.2, 0.25) is 0 Å². The Labute approximate surface area is 107 Å². The first-order valence-corrected chi connectivity index (χ1v) is 6.77. The van der Waals surface area contributed by atoms with Crippen molar-refractivity contribution in [1.29, 1.82) is 0 Å². The van der Waals surface area contributed by atoms with Gasteiger partial charge in [0.1, 0.15) is 0 Å². The minimum atomic E-state index is -0.790. The average Bonchev–Trinajstić information content (AvgIpc) is 3.05. The second-order valence-corrected chi connectivity index (χ2v) is 5.83. The Morgan fingerprint density at radius 2 is 1.72 bits per heavy atom. The van der Waals surface area contributed by atoms with Crippen LogP contribution in [0.3, 0.4) is 0 Å². The Kier molecular flexibility index (Phi) is 3.50. The molecule has 0 radical (unpaired) electrons. The maximum absolute atomic E-state index is 11.6. The van der Waals surface area contributed by atoms with Gasteiger partial charge in [-0.1, -0.05) is 13.3 Å². The number of hydrogen-bond acceptors (Lipinski definition) is 2. The maximum Gasteiger partial charge on any atom is 0.314 e. The van der Waals surface area contributed by atoms with E-state index >= 15 is 0 Å². The Bertz CT molecular complexity index is 346. The second-order valence-electron chi connectivity index (χ2n) is 5.83. The van der Waals surface area contributed by atoms with E-state index in [2.05, 4.69) is 17.6 Å². The molecule has 5 heteroatoms. The summed E-state index contributed by atoms with van der Waals surface area (Å²) in [6, 6.07) is -0.234. The Balaban J connectivity index is 1.70. The Hall–Kier alpha value is -1.26. The molecule has 0 spiro atoms. The van der Waals surface area contributed by atoms with Gasteiger partial charge in [0.15, 0.2) is 0 Å². The number of nitrogens with one attached hydrogen (secondary N) is 2. The van der Waals surface area contributed by atoms with Gasteiger partial charge >= 0.3 is 12.0 Å². The highest BCUT2D eigenvalue weighted by molar-refractivity contribution is 5.78. The molecule has 0 heterocycles. The smallest absolute Gasteiger partial charge is 0.314 e. The summed E-state index contributed by atoms with van der Waals surface area (Å²) in [5.74, 6) is -0.790. The molecule has 2 fully saturated rings. The summed E-state index contributed by atoms with van der Waals surface area (Å²) in [7, 11) is 0. The molecule has 0 unspecified atom stereocenters. The number of carbonyl (C=O) groups excluding carboxylic acids is 1. The van der Waals surface area contributed by atoms with Crippen LogP contribution in [0.1, 0.15) is 45.4 Å². The fraction of sp³-hybridized carbons (Fsp3) is 0.846. The van der Waals surface area contributed by atoms with Crippen LogP contribution < -0.4 is 10.6 Å². The molecule has 5 nitrogen and oxygen atoms in total. The SMILES string of the molecule is CCC1(CNC(=O)NCC2(C(=O)O)CCC2)CC1. The van der Waals surface area contributed by atoms with Crippen molar-refractivity contribution in [3.8, 4) is 0 Å². The highest BCUT2D eigenvalue weighted by atomic mass is 16.4. The van der Waals surface area contributed by atoms with Gasteiger partial charge in [0.25, 0.3) is 0 Å². The Morgan fingerprint density at radius 3 is 2.11 bits per heavy atom. The summed E-state index contributed by atoms with van der Waals surface area (Å²) in [5, 5.41) is 14.7. The zero-order valence-corrected chi connectivity index (χ0v) is 10.9. The van der Waals surface area contributed by atoms with Crippen LogP contribution in [0.25, 0.3) is 0 Å². The fourth-order valence-corrected chi connectivity index (χ4v) is 2.48. The summed E-state index contributed by atoms with van der Waals surface area (Å²) >= 11 is 0. The van der Waals surface area contributed by atoms with Gasteiger partial charge in [-0.2, -0.15) is 0 Å². The molecule has 3 N–H and O–H groups in total. The van der Waals surface area contributed by atoms with Crippen molar-refractivity contribution in [3.63, 3.8) is 0 Å². The van der Waals surface area contributed by atoms with Crippen LogP contribution in [0, 0.1) is 10.8 Å². The average molecular weight is 254 g/mol. The van der Waals surface area contributed by atoms with E-state index in [1.165, 1.54) is 12.8 Å². The van der Waals surface area contributed by atoms with Crippen LogP contribution in [0.2, 0.25) is 0 Å². The van der Waals surface area contributed by atoms with Crippen molar-refractivity contribution in [2.45, 2.75) is 45.4 Å². The molecular weight excluding hydrogens is 232 g/mol. The lowest BCUT2D eigenvalue weighted by Crippen LogP contribution is -2.50. The summed E-state index contributed by atoms with van der Waals surface area (Å²) in [5.41, 5.74) is -0.391. The number of carboxylic acids is 1. The lowest BCUT2D eigenvalue weighted by Gasteiger charge is -2.37. The number of amides is 2. The number of carbonyl (C=O) groups is 2. The third-order valence-corrected chi connectivity index (χ3v) is 4.68. The van der Waals surface area contributed by atoms with E-state index in [0.717, 1.165) is 12.8 Å². The van der Waals surface area contributed by atoms with Crippen molar-refractivity contribution < 1.29 is 14.7 Å². The lowest BCUT2D eigenvalue weighted by atomic mass is 9.69. The minimum absolute atomic E-state index is 0.234. The normalized spacial score (nSPS) is 22.7. The topological polar surface area (TPSA) is 78.4 Å². The molecule has 0 bridgehead atoms. The van der Waals surface area contributed by atoms with E-state index in [4.69, 9.17) is 5.11 Å². The number of carboxylic acid groups (broad SMARTS) is 1. The molecule has 0 saturated heterocycles. The van der Waals surface area contributed by atoms with Crippen molar-refractivity contribution >= 4 is 12.0 Å². The number of urea groups is 1. The largest absolute Gasteiger partial charge is 0.481 e. The van der Waals surface area contributed by atoms with Crippen molar-refractivity contribution in [2.75, 3.05) is 13.1 Å². The van der Waals surface area contributed by atoms with E-state index in [9.17, 15) is 9.59 Å². The molecule has 2 amide bonds. The van der Waals surface area contributed by atoms with Gasteiger partial charge in [0, 0.05) is 13.1 Å². The van der Waals surface area contributed by atoms with Crippen LogP contribution in [-0.4, -0.2) is 30.2 Å². The van der Waals surface area contributed by atoms with Crippen LogP contribution in [0.15, 0.2) is 0 Å². The summed E-state index contributed by atoms with van der Waals surface area (Å²) in [6.07, 6.45) is 5.73. The molecule has 2 saturated carbocycles. The number of rotatable bonds is 6. The molecular formula is C13H22N2O3. The van der Waals surface area contributed by atoms with Crippen molar-refractivity contribution in [2.24, 2.45) is 10.8 Å². The van der Waals surface area contributed by atoms with E-state index in [1.807, 2.05) is 0 Å². The van der Waals surface area contributed by atoms with Gasteiger partial charge in [-0.05, 0) is 37.5 Å². The zero-order chi connectivity index (χ0) is 13.2. The molecule has 0 atom stereocenters. The van der Waals surface area contributed by atoms with Gasteiger partial charge < -0.3 is 15.7 Å². The van der Waals surface area contributed by atoms with Crippen LogP contribution in [0.5, 0.6) is 0 Å². The highest BCUT2D eigenvalue weighted by Crippen LogP contribution is 2.47.